The Labute approximate surface area is 180 Å². The number of pyridine rings is 1. The van der Waals surface area contributed by atoms with E-state index in [0.29, 0.717) is 11.6 Å². The van der Waals surface area contributed by atoms with Gasteiger partial charge in [0.2, 0.25) is 0 Å². The van der Waals surface area contributed by atoms with Crippen LogP contribution in [-0.4, -0.2) is 22.6 Å². The second-order valence-corrected chi connectivity index (χ2v) is 8.95. The third-order valence-corrected chi connectivity index (χ3v) is 6.88. The molecule has 1 N–H and O–H groups in total. The molecule has 150 valence electrons. The van der Waals surface area contributed by atoms with Crippen molar-refractivity contribution in [1.82, 2.24) is 10.3 Å². The number of amides is 1. The van der Waals surface area contributed by atoms with Gasteiger partial charge in [0.15, 0.2) is 0 Å². The van der Waals surface area contributed by atoms with Gasteiger partial charge in [0.05, 0.1) is 17.1 Å². The molecule has 2 aliphatic rings. The lowest BCUT2D eigenvalue weighted by molar-refractivity contribution is 0.0938. The molecule has 0 bridgehead atoms. The third kappa shape index (κ3) is 3.65. The molecule has 30 heavy (non-hydrogen) atoms. The van der Waals surface area contributed by atoms with E-state index < -0.39 is 0 Å². The summed E-state index contributed by atoms with van der Waals surface area (Å²) < 4.78 is 0. The highest BCUT2D eigenvalue weighted by Crippen LogP contribution is 2.41. The summed E-state index contributed by atoms with van der Waals surface area (Å²) in [4.78, 5) is 24.7. The Morgan fingerprint density at radius 3 is 2.70 bits per heavy atom. The number of nitrogens with zero attached hydrogens (tertiary/aromatic N) is 2. The standard InChI is InChI=1S/C25H23N3OS/c1-16-7-6-14-26-23(16)24-19-10-4-5-11-21(19)30-22-13-12-17(15-20(22)28-24)25(29)27-18-8-2-3-9-18/h4-7,10-15,18H,2-3,8-9H2,1H3,(H,27,29). The van der Waals surface area contributed by atoms with Crippen LogP contribution in [0, 0.1) is 6.92 Å². The van der Waals surface area contributed by atoms with Crippen molar-refractivity contribution in [3.8, 4) is 0 Å². The molecular formula is C25H23N3OS. The SMILES string of the molecule is Cc1cccnc1C1=Nc2cc(C(=O)NC3CCCC3)ccc2Sc2ccccc21. The van der Waals surface area contributed by atoms with Gasteiger partial charge in [0.25, 0.3) is 5.91 Å². The highest BCUT2D eigenvalue weighted by atomic mass is 32.2. The summed E-state index contributed by atoms with van der Waals surface area (Å²) in [5.41, 5.74) is 5.35. The number of carbonyl (C=O) groups excluding carboxylic acids is 1. The zero-order valence-corrected chi connectivity index (χ0v) is 17.7. The maximum atomic E-state index is 12.8. The molecule has 0 saturated heterocycles. The number of hydrogen-bond donors (Lipinski definition) is 1. The molecule has 1 aliphatic heterocycles. The van der Waals surface area contributed by atoms with Gasteiger partial charge in [-0.1, -0.05) is 48.9 Å². The number of benzene rings is 2. The van der Waals surface area contributed by atoms with Gasteiger partial charge >= 0.3 is 0 Å². The van der Waals surface area contributed by atoms with E-state index in [0.717, 1.165) is 50.9 Å². The summed E-state index contributed by atoms with van der Waals surface area (Å²) in [7, 11) is 0. The number of aryl methyl sites for hydroxylation is 1. The molecule has 1 aliphatic carbocycles. The number of nitrogens with one attached hydrogen (secondary N) is 1. The van der Waals surface area contributed by atoms with Crippen LogP contribution in [0.4, 0.5) is 5.69 Å². The lowest BCUT2D eigenvalue weighted by Crippen LogP contribution is -2.32. The summed E-state index contributed by atoms with van der Waals surface area (Å²) in [6, 6.07) is 18.4. The molecule has 2 aromatic carbocycles. The molecular weight excluding hydrogens is 390 g/mol. The van der Waals surface area contributed by atoms with Crippen molar-refractivity contribution in [2.24, 2.45) is 4.99 Å². The summed E-state index contributed by atoms with van der Waals surface area (Å²) in [5.74, 6) is -0.0118. The summed E-state index contributed by atoms with van der Waals surface area (Å²) >= 11 is 1.69. The van der Waals surface area contributed by atoms with E-state index in [1.807, 2.05) is 36.4 Å². The number of hydrogen-bond acceptors (Lipinski definition) is 4. The fourth-order valence-corrected chi connectivity index (χ4v) is 5.14. The largest absolute Gasteiger partial charge is 0.349 e. The van der Waals surface area contributed by atoms with Gasteiger partial charge in [-0.15, -0.1) is 0 Å². The molecule has 0 atom stereocenters. The molecule has 2 heterocycles. The first kappa shape index (κ1) is 19.1. The normalized spacial score (nSPS) is 15.7. The van der Waals surface area contributed by atoms with E-state index in [2.05, 4.69) is 35.4 Å². The molecule has 0 spiro atoms. The first-order valence-corrected chi connectivity index (χ1v) is 11.2. The second kappa shape index (κ2) is 8.07. The number of carbonyl (C=O) groups is 1. The molecule has 1 aromatic heterocycles. The molecule has 1 saturated carbocycles. The molecule has 0 radical (unpaired) electrons. The topological polar surface area (TPSA) is 54.4 Å². The van der Waals surface area contributed by atoms with Crippen LogP contribution in [0.15, 0.2) is 75.6 Å². The predicted molar refractivity (Wildman–Crippen MR) is 121 cm³/mol. The van der Waals surface area contributed by atoms with Crippen molar-refractivity contribution in [2.75, 3.05) is 0 Å². The van der Waals surface area contributed by atoms with Crippen LogP contribution in [0.2, 0.25) is 0 Å². The van der Waals surface area contributed by atoms with Crippen molar-refractivity contribution in [2.45, 2.75) is 48.4 Å². The average Bonchev–Trinajstić information content (AvgIpc) is 3.21. The van der Waals surface area contributed by atoms with Crippen LogP contribution in [0.25, 0.3) is 0 Å². The molecule has 4 nitrogen and oxygen atoms in total. The van der Waals surface area contributed by atoms with Gasteiger partial charge in [-0.3, -0.25) is 9.78 Å². The van der Waals surface area contributed by atoms with E-state index in [4.69, 9.17) is 4.99 Å². The fourth-order valence-electron chi connectivity index (χ4n) is 4.14. The fraction of sp³-hybridized carbons (Fsp3) is 0.240. The maximum absolute atomic E-state index is 12.8. The zero-order chi connectivity index (χ0) is 20.5. The van der Waals surface area contributed by atoms with E-state index in [-0.39, 0.29) is 5.91 Å². The predicted octanol–water partition coefficient (Wildman–Crippen LogP) is 5.70. The Hall–Kier alpha value is -2.92. The van der Waals surface area contributed by atoms with E-state index in [1.165, 1.54) is 12.8 Å². The van der Waals surface area contributed by atoms with Crippen molar-refractivity contribution in [1.29, 1.82) is 0 Å². The number of aromatic nitrogens is 1. The molecule has 3 aromatic rings. The monoisotopic (exact) mass is 413 g/mol. The number of aliphatic imine (C=N–C) groups is 1. The lowest BCUT2D eigenvalue weighted by atomic mass is 10.0. The van der Waals surface area contributed by atoms with Gasteiger partial charge in [-0.25, -0.2) is 4.99 Å². The van der Waals surface area contributed by atoms with Crippen molar-refractivity contribution >= 4 is 29.1 Å². The first-order valence-electron chi connectivity index (χ1n) is 10.4. The summed E-state index contributed by atoms with van der Waals surface area (Å²) in [6.07, 6.45) is 6.34. The Bertz CT molecular complexity index is 1150. The maximum Gasteiger partial charge on any atom is 0.251 e. The Morgan fingerprint density at radius 2 is 1.87 bits per heavy atom. The molecule has 1 amide bonds. The van der Waals surface area contributed by atoms with Gasteiger partial charge in [-0.2, -0.15) is 0 Å². The van der Waals surface area contributed by atoms with Gasteiger partial charge < -0.3 is 5.32 Å². The van der Waals surface area contributed by atoms with Crippen LogP contribution in [0.5, 0.6) is 0 Å². The summed E-state index contributed by atoms with van der Waals surface area (Å²) in [6.45, 7) is 2.05. The van der Waals surface area contributed by atoms with Crippen LogP contribution in [0.1, 0.15) is 52.9 Å². The minimum atomic E-state index is -0.0118. The van der Waals surface area contributed by atoms with E-state index in [9.17, 15) is 4.79 Å². The zero-order valence-electron chi connectivity index (χ0n) is 16.9. The second-order valence-electron chi connectivity index (χ2n) is 7.86. The van der Waals surface area contributed by atoms with Crippen molar-refractivity contribution in [3.05, 3.63) is 83.2 Å². The van der Waals surface area contributed by atoms with E-state index >= 15 is 0 Å². The van der Waals surface area contributed by atoms with Crippen molar-refractivity contribution in [3.63, 3.8) is 0 Å². The smallest absolute Gasteiger partial charge is 0.251 e. The van der Waals surface area contributed by atoms with Crippen LogP contribution < -0.4 is 5.32 Å². The van der Waals surface area contributed by atoms with Crippen LogP contribution >= 0.6 is 11.8 Å². The van der Waals surface area contributed by atoms with E-state index in [1.54, 1.807) is 18.0 Å². The minimum absolute atomic E-state index is 0.0118. The molecule has 0 unspecified atom stereocenters. The Morgan fingerprint density at radius 1 is 1.03 bits per heavy atom. The lowest BCUT2D eigenvalue weighted by Gasteiger charge is -2.13. The average molecular weight is 414 g/mol. The summed E-state index contributed by atoms with van der Waals surface area (Å²) in [5, 5.41) is 3.18. The quantitative estimate of drug-likeness (QED) is 0.469. The van der Waals surface area contributed by atoms with Crippen LogP contribution in [0.3, 0.4) is 0 Å². The third-order valence-electron chi connectivity index (χ3n) is 5.74. The van der Waals surface area contributed by atoms with Gasteiger partial charge in [-0.05, 0) is 55.7 Å². The molecule has 5 rings (SSSR count). The first-order chi connectivity index (χ1) is 14.7. The molecule has 5 heteroatoms. The molecule has 1 fully saturated rings. The van der Waals surface area contributed by atoms with Gasteiger partial charge in [0, 0.05) is 33.2 Å². The van der Waals surface area contributed by atoms with Gasteiger partial charge in [0.1, 0.15) is 0 Å². The highest BCUT2D eigenvalue weighted by Gasteiger charge is 2.22. The minimum Gasteiger partial charge on any atom is -0.349 e. The highest BCUT2D eigenvalue weighted by molar-refractivity contribution is 7.99. The Kier molecular flexibility index (Phi) is 5.13. The number of fused-ring (bicyclic) bond motifs is 2. The van der Waals surface area contributed by atoms with Crippen molar-refractivity contribution < 1.29 is 4.79 Å². The Balaban J connectivity index is 1.59. The number of rotatable bonds is 3. The van der Waals surface area contributed by atoms with Crippen LogP contribution in [-0.2, 0) is 0 Å².